The van der Waals surface area contributed by atoms with Crippen LogP contribution in [0.3, 0.4) is 0 Å². The van der Waals surface area contributed by atoms with Crippen molar-refractivity contribution in [2.24, 2.45) is 5.73 Å². The Bertz CT molecular complexity index is 743. The number of rotatable bonds is 7. The lowest BCUT2D eigenvalue weighted by molar-refractivity contribution is -0.119. The number of carbonyl (C=O) groups is 1. The molecule has 1 aliphatic heterocycles. The summed E-state index contributed by atoms with van der Waals surface area (Å²) in [6, 6.07) is 8.30. The van der Waals surface area contributed by atoms with Gasteiger partial charge in [0, 0.05) is 12.6 Å². The number of hydrogen-bond acceptors (Lipinski definition) is 5. The van der Waals surface area contributed by atoms with Crippen LogP contribution in [0.5, 0.6) is 5.75 Å². The van der Waals surface area contributed by atoms with Crippen LogP contribution in [0, 0.1) is 13.8 Å². The Morgan fingerprint density at radius 2 is 2.24 bits per heavy atom. The first-order chi connectivity index (χ1) is 12.0. The summed E-state index contributed by atoms with van der Waals surface area (Å²) < 4.78 is 7.40. The Morgan fingerprint density at radius 1 is 1.40 bits per heavy atom. The molecule has 1 amide bonds. The highest BCUT2D eigenvalue weighted by molar-refractivity contribution is 5.75. The number of ether oxygens (including phenoxy) is 1. The molecular weight excluding hydrogens is 318 g/mol. The second-order valence-electron chi connectivity index (χ2n) is 6.56. The van der Waals surface area contributed by atoms with E-state index in [9.17, 15) is 4.79 Å². The molecule has 1 saturated heterocycles. The molecule has 1 aromatic heterocycles. The van der Waals surface area contributed by atoms with E-state index in [4.69, 9.17) is 10.5 Å². The molecule has 1 atom stereocenters. The highest BCUT2D eigenvalue weighted by atomic mass is 16.5. The minimum absolute atomic E-state index is 0.0965. The van der Waals surface area contributed by atoms with E-state index in [2.05, 4.69) is 21.0 Å². The molecule has 7 heteroatoms. The van der Waals surface area contributed by atoms with E-state index < -0.39 is 5.91 Å². The summed E-state index contributed by atoms with van der Waals surface area (Å²) in [5, 5.41) is 4.49. The smallest absolute Gasteiger partial charge is 0.255 e. The Morgan fingerprint density at radius 3 is 2.96 bits per heavy atom. The van der Waals surface area contributed by atoms with E-state index in [0.29, 0.717) is 11.8 Å². The maximum atomic E-state index is 10.9. The largest absolute Gasteiger partial charge is 0.484 e. The fraction of sp³-hybridized carbons (Fsp3) is 0.500. The molecule has 2 aromatic rings. The molecule has 2 heterocycles. The van der Waals surface area contributed by atoms with Crippen LogP contribution in [0.4, 0.5) is 0 Å². The number of amides is 1. The van der Waals surface area contributed by atoms with Crippen molar-refractivity contribution in [2.45, 2.75) is 45.8 Å². The summed E-state index contributed by atoms with van der Waals surface area (Å²) in [5.41, 5.74) is 6.30. The van der Waals surface area contributed by atoms with Gasteiger partial charge in [-0.2, -0.15) is 5.10 Å². The Hall–Kier alpha value is -2.41. The van der Waals surface area contributed by atoms with Crippen molar-refractivity contribution in [1.29, 1.82) is 0 Å². The maximum Gasteiger partial charge on any atom is 0.255 e. The van der Waals surface area contributed by atoms with Gasteiger partial charge in [-0.05, 0) is 50.9 Å². The molecule has 1 unspecified atom stereocenters. The van der Waals surface area contributed by atoms with E-state index in [1.54, 1.807) is 0 Å². The van der Waals surface area contributed by atoms with E-state index in [1.807, 2.05) is 36.7 Å². The number of aryl methyl sites for hydroxylation is 2. The first-order valence-corrected chi connectivity index (χ1v) is 8.63. The number of likely N-dealkylation sites (tertiary alicyclic amines) is 1. The van der Waals surface area contributed by atoms with Crippen LogP contribution < -0.4 is 10.5 Å². The zero-order valence-corrected chi connectivity index (χ0v) is 14.8. The van der Waals surface area contributed by atoms with Gasteiger partial charge in [-0.15, -0.1) is 0 Å². The highest BCUT2D eigenvalue weighted by Crippen LogP contribution is 2.23. The number of hydrogen-bond donors (Lipinski definition) is 1. The molecule has 2 N–H and O–H groups in total. The van der Waals surface area contributed by atoms with Crippen LogP contribution in [-0.2, 0) is 17.9 Å². The molecule has 134 valence electrons. The Balaban J connectivity index is 1.64. The standard InChI is InChI=1S/C18H25N5O2/c1-13-20-14(2)23(21-13)11-16-6-4-8-22(16)10-15-5-3-7-17(9-15)25-12-18(19)24/h3,5,7,9,16H,4,6,8,10-12H2,1-2H3,(H2,19,24). The predicted molar refractivity (Wildman–Crippen MR) is 94.1 cm³/mol. The molecule has 7 nitrogen and oxygen atoms in total. The van der Waals surface area contributed by atoms with E-state index in [1.165, 1.54) is 12.0 Å². The number of benzene rings is 1. The average Bonchev–Trinajstić information content (AvgIpc) is 3.12. The molecule has 0 spiro atoms. The van der Waals surface area contributed by atoms with Gasteiger partial charge in [0.15, 0.2) is 6.61 Å². The lowest BCUT2D eigenvalue weighted by Gasteiger charge is -2.25. The molecule has 1 aliphatic rings. The lowest BCUT2D eigenvalue weighted by Crippen LogP contribution is -2.33. The first-order valence-electron chi connectivity index (χ1n) is 8.63. The molecule has 0 bridgehead atoms. The monoisotopic (exact) mass is 343 g/mol. The molecule has 1 fully saturated rings. The number of primary amides is 1. The Labute approximate surface area is 147 Å². The number of carbonyl (C=O) groups excluding carboxylic acids is 1. The van der Waals surface area contributed by atoms with Crippen LogP contribution in [-0.4, -0.2) is 44.8 Å². The average molecular weight is 343 g/mol. The van der Waals surface area contributed by atoms with Crippen LogP contribution in [0.25, 0.3) is 0 Å². The Kier molecular flexibility index (Phi) is 5.33. The van der Waals surface area contributed by atoms with Crippen LogP contribution >= 0.6 is 0 Å². The van der Waals surface area contributed by atoms with E-state index >= 15 is 0 Å². The molecular formula is C18H25N5O2. The molecule has 25 heavy (non-hydrogen) atoms. The molecule has 0 radical (unpaired) electrons. The minimum atomic E-state index is -0.469. The third-order valence-electron chi connectivity index (χ3n) is 4.51. The van der Waals surface area contributed by atoms with Crippen molar-refractivity contribution in [3.8, 4) is 5.75 Å². The van der Waals surface area contributed by atoms with Gasteiger partial charge in [0.2, 0.25) is 0 Å². The van der Waals surface area contributed by atoms with Crippen LogP contribution in [0.15, 0.2) is 24.3 Å². The van der Waals surface area contributed by atoms with Crippen molar-refractivity contribution in [1.82, 2.24) is 19.7 Å². The van der Waals surface area contributed by atoms with E-state index in [-0.39, 0.29) is 6.61 Å². The van der Waals surface area contributed by atoms with Crippen LogP contribution in [0.1, 0.15) is 30.1 Å². The summed E-state index contributed by atoms with van der Waals surface area (Å²) in [7, 11) is 0. The minimum Gasteiger partial charge on any atom is -0.484 e. The topological polar surface area (TPSA) is 86.3 Å². The normalized spacial score (nSPS) is 17.8. The second kappa shape index (κ2) is 7.65. The number of aromatic nitrogens is 3. The maximum absolute atomic E-state index is 10.9. The zero-order chi connectivity index (χ0) is 17.8. The summed E-state index contributed by atoms with van der Waals surface area (Å²) in [6.07, 6.45) is 2.35. The van der Waals surface area contributed by atoms with Crippen molar-refractivity contribution in [2.75, 3.05) is 13.2 Å². The van der Waals surface area contributed by atoms with Gasteiger partial charge in [0.25, 0.3) is 5.91 Å². The van der Waals surface area contributed by atoms with Crippen molar-refractivity contribution in [3.05, 3.63) is 41.5 Å². The fourth-order valence-corrected chi connectivity index (χ4v) is 3.37. The van der Waals surface area contributed by atoms with Gasteiger partial charge in [-0.25, -0.2) is 9.67 Å². The van der Waals surface area contributed by atoms with Crippen LogP contribution in [0.2, 0.25) is 0 Å². The molecule has 3 rings (SSSR count). The summed E-state index contributed by atoms with van der Waals surface area (Å²) >= 11 is 0. The van der Waals surface area contributed by atoms with Gasteiger partial charge in [0.05, 0.1) is 6.54 Å². The molecule has 0 saturated carbocycles. The van der Waals surface area contributed by atoms with Gasteiger partial charge in [-0.1, -0.05) is 12.1 Å². The third kappa shape index (κ3) is 4.57. The summed E-state index contributed by atoms with van der Waals surface area (Å²) in [5.74, 6) is 1.99. The number of nitrogens with zero attached hydrogens (tertiary/aromatic N) is 4. The van der Waals surface area contributed by atoms with Crippen molar-refractivity contribution in [3.63, 3.8) is 0 Å². The highest BCUT2D eigenvalue weighted by Gasteiger charge is 2.25. The first kappa shape index (κ1) is 17.4. The van der Waals surface area contributed by atoms with E-state index in [0.717, 1.165) is 37.7 Å². The van der Waals surface area contributed by atoms with Gasteiger partial charge in [0.1, 0.15) is 17.4 Å². The zero-order valence-electron chi connectivity index (χ0n) is 14.8. The fourth-order valence-electron chi connectivity index (χ4n) is 3.37. The second-order valence-corrected chi connectivity index (χ2v) is 6.56. The van der Waals surface area contributed by atoms with Crippen molar-refractivity contribution >= 4 is 5.91 Å². The third-order valence-corrected chi connectivity index (χ3v) is 4.51. The number of nitrogens with two attached hydrogens (primary N) is 1. The van der Waals surface area contributed by atoms with Gasteiger partial charge < -0.3 is 10.5 Å². The SMILES string of the molecule is Cc1nc(C)n(CC2CCCN2Cc2cccc(OCC(N)=O)c2)n1. The molecule has 0 aliphatic carbocycles. The molecule has 1 aromatic carbocycles. The lowest BCUT2D eigenvalue weighted by atomic mass is 10.1. The van der Waals surface area contributed by atoms with Gasteiger partial charge in [-0.3, -0.25) is 9.69 Å². The van der Waals surface area contributed by atoms with Gasteiger partial charge >= 0.3 is 0 Å². The quantitative estimate of drug-likeness (QED) is 0.822. The van der Waals surface area contributed by atoms with Crippen molar-refractivity contribution < 1.29 is 9.53 Å². The summed E-state index contributed by atoms with van der Waals surface area (Å²) in [6.45, 7) is 6.62. The summed E-state index contributed by atoms with van der Waals surface area (Å²) in [4.78, 5) is 17.7. The predicted octanol–water partition coefficient (Wildman–Crippen LogP) is 1.42.